The first kappa shape index (κ1) is 31.6. The number of anilines is 2. The van der Waals surface area contributed by atoms with E-state index in [4.69, 9.17) is 37.4 Å². The number of piperidine rings is 1. The van der Waals surface area contributed by atoms with Crippen LogP contribution >= 0.6 is 23.2 Å². The normalized spacial score (nSPS) is 16.1. The van der Waals surface area contributed by atoms with Crippen LogP contribution < -0.4 is 25.4 Å². The summed E-state index contributed by atoms with van der Waals surface area (Å²) in [4.78, 5) is 17.4. The average Bonchev–Trinajstić information content (AvgIpc) is 3.57. The number of hydrogen-bond acceptors (Lipinski definition) is 8. The van der Waals surface area contributed by atoms with Gasteiger partial charge in [-0.1, -0.05) is 40.9 Å². The molecular formula is C35H33Cl2N5O4. The number of halogens is 2. The number of nitriles is 1. The summed E-state index contributed by atoms with van der Waals surface area (Å²) in [6.45, 7) is 3.43. The fraction of sp³-hybridized carbons (Fsp3) is 0.286. The summed E-state index contributed by atoms with van der Waals surface area (Å²) in [5.74, 6) is 0.981. The highest BCUT2D eigenvalue weighted by molar-refractivity contribution is 6.32. The molecule has 2 aliphatic rings. The molecule has 2 aliphatic heterocycles. The molecule has 0 aliphatic carbocycles. The number of aromatic nitrogens is 1. The van der Waals surface area contributed by atoms with Crippen LogP contribution in [0.1, 0.15) is 36.0 Å². The molecule has 0 bridgehead atoms. The Morgan fingerprint density at radius 1 is 1.13 bits per heavy atom. The van der Waals surface area contributed by atoms with Crippen molar-refractivity contribution >= 4 is 51.4 Å². The summed E-state index contributed by atoms with van der Waals surface area (Å²) in [5.41, 5.74) is 5.03. The second-order valence-electron chi connectivity index (χ2n) is 11.2. The molecule has 1 amide bonds. The van der Waals surface area contributed by atoms with Crippen molar-refractivity contribution in [2.45, 2.75) is 38.5 Å². The number of amides is 1. The van der Waals surface area contributed by atoms with Crippen molar-refractivity contribution in [2.24, 2.45) is 0 Å². The van der Waals surface area contributed by atoms with Crippen LogP contribution in [-0.2, 0) is 22.7 Å². The van der Waals surface area contributed by atoms with Crippen LogP contribution in [0.2, 0.25) is 10.0 Å². The van der Waals surface area contributed by atoms with E-state index in [2.05, 4.69) is 27.0 Å². The van der Waals surface area contributed by atoms with E-state index in [9.17, 15) is 10.1 Å². The summed E-state index contributed by atoms with van der Waals surface area (Å²) in [6, 6.07) is 18.8. The molecule has 1 unspecified atom stereocenters. The number of carbonyl (C=O) groups excluding carboxylic acids is 1. The van der Waals surface area contributed by atoms with Gasteiger partial charge in [0.25, 0.3) is 0 Å². The minimum Gasteiger partial charge on any atom is -0.487 e. The Labute approximate surface area is 277 Å². The fourth-order valence-electron chi connectivity index (χ4n) is 5.46. The van der Waals surface area contributed by atoms with Gasteiger partial charge in [0.1, 0.15) is 30.3 Å². The Morgan fingerprint density at radius 3 is 2.76 bits per heavy atom. The Balaban J connectivity index is 1.27. The maximum atomic E-state index is 12.8. The molecule has 3 aromatic carbocycles. The van der Waals surface area contributed by atoms with Gasteiger partial charge < -0.3 is 30.2 Å². The van der Waals surface area contributed by atoms with E-state index in [1.165, 1.54) is 6.20 Å². The fourth-order valence-corrected chi connectivity index (χ4v) is 5.90. The highest BCUT2D eigenvalue weighted by atomic mass is 35.5. The lowest BCUT2D eigenvalue weighted by Crippen LogP contribution is -2.26. The summed E-state index contributed by atoms with van der Waals surface area (Å²) >= 11 is 12.7. The van der Waals surface area contributed by atoms with Crippen LogP contribution in [0.3, 0.4) is 0 Å². The van der Waals surface area contributed by atoms with Gasteiger partial charge in [-0.05, 0) is 67.9 Å². The Hall–Kier alpha value is -4.33. The van der Waals surface area contributed by atoms with Crippen molar-refractivity contribution in [2.75, 3.05) is 31.6 Å². The Kier molecular flexibility index (Phi) is 10.2. The monoisotopic (exact) mass is 657 g/mol. The van der Waals surface area contributed by atoms with Gasteiger partial charge >= 0.3 is 0 Å². The number of rotatable bonds is 10. The van der Waals surface area contributed by atoms with Gasteiger partial charge in [0, 0.05) is 53.0 Å². The zero-order chi connectivity index (χ0) is 31.9. The maximum absolute atomic E-state index is 12.8. The van der Waals surface area contributed by atoms with E-state index in [0.717, 1.165) is 49.1 Å². The molecule has 0 saturated carbocycles. The number of fused-ring (bicyclic) bond motifs is 1. The number of hydrogen-bond donors (Lipinski definition) is 3. The molecule has 0 radical (unpaired) electrons. The van der Waals surface area contributed by atoms with E-state index in [-0.39, 0.29) is 18.6 Å². The van der Waals surface area contributed by atoms with Gasteiger partial charge in [0.15, 0.2) is 0 Å². The van der Waals surface area contributed by atoms with Crippen molar-refractivity contribution in [1.82, 2.24) is 15.6 Å². The quantitative estimate of drug-likeness (QED) is 0.159. The van der Waals surface area contributed by atoms with Crippen molar-refractivity contribution in [3.05, 3.63) is 99.2 Å². The lowest BCUT2D eigenvalue weighted by molar-refractivity contribution is -0.116. The van der Waals surface area contributed by atoms with Gasteiger partial charge in [-0.3, -0.25) is 9.78 Å². The molecule has 1 aromatic heterocycles. The minimum absolute atomic E-state index is 0.0958. The van der Waals surface area contributed by atoms with E-state index < -0.39 is 0 Å². The lowest BCUT2D eigenvalue weighted by atomic mass is 10.0. The summed E-state index contributed by atoms with van der Waals surface area (Å²) in [5, 5.41) is 21.4. The molecule has 236 valence electrons. The van der Waals surface area contributed by atoms with Gasteiger partial charge in [-0.25, -0.2) is 0 Å². The molecule has 1 atom stereocenters. The van der Waals surface area contributed by atoms with E-state index in [0.29, 0.717) is 69.2 Å². The number of pyridine rings is 1. The topological polar surface area (TPSA) is 118 Å². The Morgan fingerprint density at radius 2 is 2.00 bits per heavy atom. The summed E-state index contributed by atoms with van der Waals surface area (Å²) in [7, 11) is 0. The predicted molar refractivity (Wildman–Crippen MR) is 179 cm³/mol. The zero-order valence-electron chi connectivity index (χ0n) is 25.1. The second kappa shape index (κ2) is 14.8. The minimum atomic E-state index is -0.151. The molecule has 2 saturated heterocycles. The third-order valence-corrected chi connectivity index (χ3v) is 8.40. The van der Waals surface area contributed by atoms with Gasteiger partial charge in [-0.15, -0.1) is 0 Å². The molecule has 0 spiro atoms. The molecule has 6 rings (SSSR count). The van der Waals surface area contributed by atoms with E-state index >= 15 is 0 Å². The molecular weight excluding hydrogens is 625 g/mol. The number of ether oxygens (including phenoxy) is 3. The van der Waals surface area contributed by atoms with Crippen LogP contribution in [-0.4, -0.2) is 43.3 Å². The largest absolute Gasteiger partial charge is 0.487 e. The third-order valence-electron chi connectivity index (χ3n) is 7.87. The van der Waals surface area contributed by atoms with Gasteiger partial charge in [0.2, 0.25) is 5.91 Å². The van der Waals surface area contributed by atoms with Crippen LogP contribution in [0.25, 0.3) is 10.9 Å². The molecule has 11 heteroatoms. The molecule has 46 heavy (non-hydrogen) atoms. The Bertz CT molecular complexity index is 1810. The molecule has 4 aromatic rings. The first-order chi connectivity index (χ1) is 22.4. The molecule has 9 nitrogen and oxygen atoms in total. The van der Waals surface area contributed by atoms with Gasteiger partial charge in [0.05, 0.1) is 35.0 Å². The van der Waals surface area contributed by atoms with E-state index in [1.54, 1.807) is 18.2 Å². The molecule has 3 N–H and O–H groups in total. The highest BCUT2D eigenvalue weighted by Gasteiger charge is 2.21. The van der Waals surface area contributed by atoms with Crippen molar-refractivity contribution in [3.63, 3.8) is 0 Å². The van der Waals surface area contributed by atoms with Crippen LogP contribution in [0.15, 0.2) is 72.4 Å². The molecule has 3 heterocycles. The van der Waals surface area contributed by atoms with Gasteiger partial charge in [-0.2, -0.15) is 5.26 Å². The number of nitrogens with zero attached hydrogens (tertiary/aromatic N) is 2. The number of benzene rings is 3. The van der Waals surface area contributed by atoms with Crippen LogP contribution in [0.5, 0.6) is 11.5 Å². The summed E-state index contributed by atoms with van der Waals surface area (Å²) in [6.07, 6.45) is 5.62. The standard InChI is InChI=1S/C35H33Cl2N5O4/c36-26-3-1-2-23(12-26)20-45-32-5-4-27(15-30(32)37)42-35-25(17-38)19-40-31-16-33(46-28-8-11-44-21-28)24(14-29(31)35)18-41-34(43)13-22-6-9-39-10-7-22/h1-5,12-16,19,28,39H,6-11,18,20-21H2,(H,40,42)(H,41,43). The third kappa shape index (κ3) is 7.90. The maximum Gasteiger partial charge on any atom is 0.244 e. The smallest absolute Gasteiger partial charge is 0.244 e. The first-order valence-electron chi connectivity index (χ1n) is 15.2. The van der Waals surface area contributed by atoms with E-state index in [1.807, 2.05) is 42.5 Å². The second-order valence-corrected chi connectivity index (χ2v) is 12.0. The predicted octanol–water partition coefficient (Wildman–Crippen LogP) is 6.83. The number of carbonyl (C=O) groups is 1. The summed E-state index contributed by atoms with van der Waals surface area (Å²) < 4.78 is 17.8. The lowest BCUT2D eigenvalue weighted by Gasteiger charge is -2.19. The van der Waals surface area contributed by atoms with Crippen molar-refractivity contribution in [3.8, 4) is 17.6 Å². The molecule has 2 fully saturated rings. The first-order valence-corrected chi connectivity index (χ1v) is 15.9. The SMILES string of the molecule is N#Cc1cnc2cc(OC3CCOC3)c(CNC(=O)C=C3CCNCC3)cc2c1Nc1ccc(OCc2cccc(Cl)c2)c(Cl)c1. The van der Waals surface area contributed by atoms with Crippen molar-refractivity contribution < 1.29 is 19.0 Å². The van der Waals surface area contributed by atoms with Crippen LogP contribution in [0.4, 0.5) is 11.4 Å². The average molecular weight is 659 g/mol. The highest BCUT2D eigenvalue weighted by Crippen LogP contribution is 2.36. The number of nitrogens with one attached hydrogen (secondary N) is 3. The van der Waals surface area contributed by atoms with Crippen LogP contribution in [0, 0.1) is 11.3 Å². The van der Waals surface area contributed by atoms with Crippen molar-refractivity contribution in [1.29, 1.82) is 5.26 Å². The zero-order valence-corrected chi connectivity index (χ0v) is 26.6.